The first-order chi connectivity index (χ1) is 29.8. The van der Waals surface area contributed by atoms with E-state index < -0.39 is 5.41 Å². The molecule has 1 spiro atoms. The molecule has 1 nitrogen and oxygen atoms in total. The number of rotatable bonds is 1. The molecule has 60 heavy (non-hydrogen) atoms. The van der Waals surface area contributed by atoms with E-state index in [-0.39, 0.29) is 0 Å². The third-order valence-electron chi connectivity index (χ3n) is 14.0. The maximum Gasteiger partial charge on any atom is 0.0726 e. The second kappa shape index (κ2) is 11.7. The van der Waals surface area contributed by atoms with Gasteiger partial charge in [0, 0.05) is 16.8 Å². The zero-order chi connectivity index (χ0) is 39.1. The Labute approximate surface area is 348 Å². The third kappa shape index (κ3) is 3.97. The molecule has 1 unspecified atom stereocenters. The van der Waals surface area contributed by atoms with E-state index in [1.807, 2.05) is 0 Å². The van der Waals surface area contributed by atoms with Crippen LogP contribution in [0.1, 0.15) is 22.3 Å². The van der Waals surface area contributed by atoms with Gasteiger partial charge in [0.05, 0.1) is 16.8 Å². The highest BCUT2D eigenvalue weighted by Gasteiger charge is 2.50. The lowest BCUT2D eigenvalue weighted by Crippen LogP contribution is -2.29. The Kier molecular flexibility index (Phi) is 6.28. The monoisotopic (exact) mass is 757 g/mol. The fourth-order valence-electron chi connectivity index (χ4n) is 11.7. The fourth-order valence-corrected chi connectivity index (χ4v) is 11.7. The molecule has 276 valence electrons. The maximum atomic E-state index is 2.55. The Balaban J connectivity index is 1.13. The molecule has 0 saturated carbocycles. The highest BCUT2D eigenvalue weighted by atomic mass is 15.1. The molecule has 0 radical (unpaired) electrons. The van der Waals surface area contributed by atoms with Crippen LogP contribution in [-0.4, -0.2) is 0 Å². The molecule has 0 fully saturated rings. The molecular formula is C59H35N. The summed E-state index contributed by atoms with van der Waals surface area (Å²) in [4.78, 5) is 2.50. The number of benzene rings is 11. The van der Waals surface area contributed by atoms with Crippen LogP contribution in [0.5, 0.6) is 0 Å². The van der Waals surface area contributed by atoms with Gasteiger partial charge in [0.1, 0.15) is 0 Å². The van der Waals surface area contributed by atoms with Crippen molar-refractivity contribution in [1.82, 2.24) is 0 Å². The van der Waals surface area contributed by atoms with Crippen LogP contribution >= 0.6 is 0 Å². The van der Waals surface area contributed by atoms with Gasteiger partial charge in [-0.3, -0.25) is 0 Å². The molecule has 0 aromatic heterocycles. The summed E-state index contributed by atoms with van der Waals surface area (Å²) < 4.78 is 0. The summed E-state index contributed by atoms with van der Waals surface area (Å²) in [6, 6.07) is 80.3. The molecule has 2 aliphatic carbocycles. The first kappa shape index (κ1) is 32.2. The van der Waals surface area contributed by atoms with Crippen molar-refractivity contribution >= 4 is 49.4 Å². The molecule has 14 rings (SSSR count). The highest BCUT2D eigenvalue weighted by molar-refractivity contribution is 6.27. The molecule has 0 N–H and O–H groups in total. The van der Waals surface area contributed by atoms with Crippen molar-refractivity contribution in [2.24, 2.45) is 0 Å². The Morgan fingerprint density at radius 1 is 0.283 bits per heavy atom. The molecule has 0 saturated heterocycles. The van der Waals surface area contributed by atoms with Crippen LogP contribution in [0.3, 0.4) is 0 Å². The zero-order valence-electron chi connectivity index (χ0n) is 32.7. The van der Waals surface area contributed by atoms with Crippen molar-refractivity contribution in [1.29, 1.82) is 0 Å². The maximum absolute atomic E-state index is 2.55. The summed E-state index contributed by atoms with van der Waals surface area (Å²) in [5.41, 5.74) is 20.9. The molecule has 1 aliphatic heterocycles. The van der Waals surface area contributed by atoms with E-state index in [0.29, 0.717) is 0 Å². The van der Waals surface area contributed by atoms with Crippen LogP contribution < -0.4 is 4.90 Å². The largest absolute Gasteiger partial charge is 0.309 e. The summed E-state index contributed by atoms with van der Waals surface area (Å²) in [6.07, 6.45) is 0. The van der Waals surface area contributed by atoms with Crippen molar-refractivity contribution < 1.29 is 0 Å². The molecule has 3 aliphatic rings. The number of anilines is 3. The number of nitrogens with zero attached hydrogens (tertiary/aromatic N) is 1. The minimum absolute atomic E-state index is 0.593. The Morgan fingerprint density at radius 2 is 0.767 bits per heavy atom. The van der Waals surface area contributed by atoms with Crippen LogP contribution in [0.4, 0.5) is 17.1 Å². The van der Waals surface area contributed by atoms with Gasteiger partial charge in [-0.1, -0.05) is 182 Å². The van der Waals surface area contributed by atoms with E-state index >= 15 is 0 Å². The normalized spacial score (nSPS) is 15.4. The van der Waals surface area contributed by atoms with Crippen LogP contribution in [0.2, 0.25) is 0 Å². The minimum Gasteiger partial charge on any atom is -0.309 e. The Hall–Kier alpha value is -7.74. The Morgan fingerprint density at radius 3 is 1.43 bits per heavy atom. The summed E-state index contributed by atoms with van der Waals surface area (Å²) in [6.45, 7) is 0. The number of hydrogen-bond donors (Lipinski definition) is 0. The fraction of sp³-hybridized carbons (Fsp3) is 0.0169. The lowest BCUT2D eigenvalue weighted by molar-refractivity contribution is 0.777. The van der Waals surface area contributed by atoms with E-state index in [1.54, 1.807) is 0 Å². The summed E-state index contributed by atoms with van der Waals surface area (Å²) in [5.74, 6) is 0. The average Bonchev–Trinajstić information content (AvgIpc) is 3.47. The highest BCUT2D eigenvalue weighted by Crippen LogP contribution is 2.64. The second-order valence-electron chi connectivity index (χ2n) is 16.7. The average molecular weight is 758 g/mol. The molecule has 1 atom stereocenters. The molecule has 1 heteroatoms. The predicted octanol–water partition coefficient (Wildman–Crippen LogP) is 15.7. The van der Waals surface area contributed by atoms with Gasteiger partial charge < -0.3 is 4.90 Å². The summed E-state index contributed by atoms with van der Waals surface area (Å²) in [7, 11) is 0. The molecule has 0 bridgehead atoms. The molecule has 1 heterocycles. The van der Waals surface area contributed by atoms with Crippen molar-refractivity contribution in [3.63, 3.8) is 0 Å². The lowest BCUT2D eigenvalue weighted by Gasteiger charge is -2.36. The van der Waals surface area contributed by atoms with Gasteiger partial charge in [-0.2, -0.15) is 0 Å². The van der Waals surface area contributed by atoms with E-state index in [4.69, 9.17) is 0 Å². The van der Waals surface area contributed by atoms with Gasteiger partial charge in [-0.25, -0.2) is 0 Å². The standard InChI is InChI=1S/C59H35N/c1-4-19-43-40(16-1)44-20-5-9-24-50(44)59(51-25-10-6-23-47(51)58-48-32-30-37-15-13-14-36-28-29-38(34-53(58)59)57(48)56(36)37)52-33-31-39(35-49(43)52)60-54-26-11-7-21-45(54)41-17-2-3-18-42(41)46-22-8-12-27-55(46)60/h1-35H. The van der Waals surface area contributed by atoms with Gasteiger partial charge in [-0.05, 0) is 129 Å². The molecule has 11 aromatic rings. The minimum atomic E-state index is -0.593. The molecule has 11 aromatic carbocycles. The van der Waals surface area contributed by atoms with E-state index in [0.717, 1.165) is 5.69 Å². The van der Waals surface area contributed by atoms with Crippen LogP contribution in [0, 0.1) is 0 Å². The van der Waals surface area contributed by atoms with Gasteiger partial charge in [0.15, 0.2) is 0 Å². The Bertz CT molecular complexity index is 3550. The summed E-state index contributed by atoms with van der Waals surface area (Å²) in [5, 5.41) is 7.91. The van der Waals surface area contributed by atoms with Crippen molar-refractivity contribution in [2.75, 3.05) is 4.90 Å². The van der Waals surface area contributed by atoms with Crippen LogP contribution in [0.15, 0.2) is 212 Å². The quantitative estimate of drug-likeness (QED) is 0.151. The van der Waals surface area contributed by atoms with Crippen LogP contribution in [0.25, 0.3) is 88.0 Å². The van der Waals surface area contributed by atoms with Gasteiger partial charge in [-0.15, -0.1) is 0 Å². The lowest BCUT2D eigenvalue weighted by atomic mass is 9.65. The van der Waals surface area contributed by atoms with Crippen molar-refractivity contribution in [3.8, 4) is 55.6 Å². The first-order valence-corrected chi connectivity index (χ1v) is 21.0. The third-order valence-corrected chi connectivity index (χ3v) is 14.0. The molecule has 0 amide bonds. The van der Waals surface area contributed by atoms with E-state index in [9.17, 15) is 0 Å². The van der Waals surface area contributed by atoms with Crippen molar-refractivity contribution in [2.45, 2.75) is 5.41 Å². The SMILES string of the molecule is c1ccc2c(c1)-c1ccccc1N(c1ccc3c(c1)-c1ccccc1-c1ccccc1C31c3ccccc3-c3c1cc1ccc4cccc5ccc3c1c45)c1ccccc1-2. The van der Waals surface area contributed by atoms with Crippen LogP contribution in [-0.2, 0) is 5.41 Å². The number of fused-ring (bicyclic) bond motifs is 18. The predicted molar refractivity (Wildman–Crippen MR) is 251 cm³/mol. The van der Waals surface area contributed by atoms with Gasteiger partial charge in [0.25, 0.3) is 0 Å². The van der Waals surface area contributed by atoms with Gasteiger partial charge >= 0.3 is 0 Å². The number of hydrogen-bond acceptors (Lipinski definition) is 1. The smallest absolute Gasteiger partial charge is 0.0726 e. The first-order valence-electron chi connectivity index (χ1n) is 21.0. The topological polar surface area (TPSA) is 3.24 Å². The zero-order valence-corrected chi connectivity index (χ0v) is 32.7. The van der Waals surface area contributed by atoms with E-state index in [1.165, 1.54) is 122 Å². The summed E-state index contributed by atoms with van der Waals surface area (Å²) >= 11 is 0. The van der Waals surface area contributed by atoms with E-state index in [2.05, 4.69) is 217 Å². The number of para-hydroxylation sites is 2. The second-order valence-corrected chi connectivity index (χ2v) is 16.7. The molecular weight excluding hydrogens is 723 g/mol. The van der Waals surface area contributed by atoms with Gasteiger partial charge in [0.2, 0.25) is 0 Å². The van der Waals surface area contributed by atoms with Crippen molar-refractivity contribution in [3.05, 3.63) is 235 Å².